The highest BCUT2D eigenvalue weighted by Gasteiger charge is 2.18. The zero-order valence-corrected chi connectivity index (χ0v) is 14.1. The first-order valence-electron chi connectivity index (χ1n) is 8.66. The van der Waals surface area contributed by atoms with Gasteiger partial charge in [0.2, 0.25) is 0 Å². The van der Waals surface area contributed by atoms with E-state index >= 15 is 0 Å². The fourth-order valence-electron chi connectivity index (χ4n) is 3.09. The van der Waals surface area contributed by atoms with Crippen LogP contribution in [0.3, 0.4) is 0 Å². The van der Waals surface area contributed by atoms with Gasteiger partial charge in [-0.3, -0.25) is 5.01 Å². The molecule has 0 saturated carbocycles. The first-order chi connectivity index (χ1) is 9.69. The molecule has 1 saturated heterocycles. The minimum absolute atomic E-state index is 0.576. The maximum absolute atomic E-state index is 4.73. The van der Waals surface area contributed by atoms with Crippen molar-refractivity contribution in [2.45, 2.75) is 71.8 Å². The van der Waals surface area contributed by atoms with Crippen molar-refractivity contribution >= 4 is 6.21 Å². The van der Waals surface area contributed by atoms with Crippen molar-refractivity contribution in [2.75, 3.05) is 20.1 Å². The highest BCUT2D eigenvalue weighted by atomic mass is 15.5. The van der Waals surface area contributed by atoms with Crippen LogP contribution in [0.4, 0.5) is 0 Å². The number of hydrogen-bond acceptors (Lipinski definition) is 3. The lowest BCUT2D eigenvalue weighted by atomic mass is 9.86. The van der Waals surface area contributed by atoms with Crippen molar-refractivity contribution < 1.29 is 0 Å². The molecular formula is C17H35N3. The van der Waals surface area contributed by atoms with E-state index in [4.69, 9.17) is 5.10 Å². The van der Waals surface area contributed by atoms with Gasteiger partial charge < -0.3 is 5.32 Å². The van der Waals surface area contributed by atoms with Gasteiger partial charge in [0.15, 0.2) is 0 Å². The van der Waals surface area contributed by atoms with E-state index in [9.17, 15) is 0 Å². The number of nitrogens with zero attached hydrogens (tertiary/aromatic N) is 2. The quantitative estimate of drug-likeness (QED) is 0.513. The number of hydrazone groups is 1. The lowest BCUT2D eigenvalue weighted by Gasteiger charge is -2.30. The summed E-state index contributed by atoms with van der Waals surface area (Å²) in [5.74, 6) is 1.40. The summed E-state index contributed by atoms with van der Waals surface area (Å²) in [6.07, 6.45) is 11.4. The van der Waals surface area contributed by atoms with E-state index in [-0.39, 0.29) is 0 Å². The van der Waals surface area contributed by atoms with Gasteiger partial charge >= 0.3 is 0 Å². The molecule has 0 aromatic carbocycles. The predicted octanol–water partition coefficient (Wildman–Crippen LogP) is 3.90. The number of likely N-dealkylation sites (N-methyl/N-ethyl adjacent to an activating group) is 1. The summed E-state index contributed by atoms with van der Waals surface area (Å²) in [4.78, 5) is 0. The Morgan fingerprint density at radius 2 is 2.10 bits per heavy atom. The summed E-state index contributed by atoms with van der Waals surface area (Å²) in [5.41, 5.74) is 0. The van der Waals surface area contributed by atoms with Crippen LogP contribution in [-0.4, -0.2) is 37.4 Å². The van der Waals surface area contributed by atoms with Crippen molar-refractivity contribution in [1.29, 1.82) is 0 Å². The van der Waals surface area contributed by atoms with E-state index < -0.39 is 0 Å². The topological polar surface area (TPSA) is 27.6 Å². The van der Waals surface area contributed by atoms with Crippen molar-refractivity contribution in [3.63, 3.8) is 0 Å². The smallest absolute Gasteiger partial charge is 0.0592 e. The first-order valence-corrected chi connectivity index (χ1v) is 8.66. The highest BCUT2D eigenvalue weighted by Crippen LogP contribution is 2.22. The summed E-state index contributed by atoms with van der Waals surface area (Å²) < 4.78 is 0. The Morgan fingerprint density at radius 1 is 1.30 bits per heavy atom. The Bertz CT molecular complexity index is 259. The highest BCUT2D eigenvalue weighted by molar-refractivity contribution is 5.60. The molecule has 1 rings (SSSR count). The van der Waals surface area contributed by atoms with E-state index in [1.54, 1.807) is 0 Å². The zero-order chi connectivity index (χ0) is 14.8. The van der Waals surface area contributed by atoms with Crippen molar-refractivity contribution in [3.8, 4) is 0 Å². The van der Waals surface area contributed by atoms with Crippen LogP contribution in [0.25, 0.3) is 0 Å². The van der Waals surface area contributed by atoms with E-state index in [0.717, 1.165) is 12.5 Å². The summed E-state index contributed by atoms with van der Waals surface area (Å²) in [7, 11) is 2.13. The molecule has 3 atom stereocenters. The van der Waals surface area contributed by atoms with Crippen LogP contribution in [0.5, 0.6) is 0 Å². The molecule has 1 aliphatic heterocycles. The summed E-state index contributed by atoms with van der Waals surface area (Å²) in [5, 5.41) is 10.4. The monoisotopic (exact) mass is 281 g/mol. The van der Waals surface area contributed by atoms with Gasteiger partial charge in [-0.1, -0.05) is 46.5 Å². The van der Waals surface area contributed by atoms with E-state index in [2.05, 4.69) is 44.4 Å². The molecule has 118 valence electrons. The fraction of sp³-hybridized carbons (Fsp3) is 0.941. The molecule has 0 aromatic rings. The average molecular weight is 281 g/mol. The Hall–Kier alpha value is -0.570. The number of nitrogens with one attached hydrogen (secondary N) is 1. The van der Waals surface area contributed by atoms with Gasteiger partial charge in [-0.05, 0) is 37.6 Å². The third-order valence-electron chi connectivity index (χ3n) is 4.61. The lowest BCUT2D eigenvalue weighted by Crippen LogP contribution is -2.42. The van der Waals surface area contributed by atoms with Gasteiger partial charge in [-0.2, -0.15) is 5.10 Å². The van der Waals surface area contributed by atoms with Crippen LogP contribution in [0.15, 0.2) is 5.10 Å². The fourth-order valence-corrected chi connectivity index (χ4v) is 3.09. The van der Waals surface area contributed by atoms with Crippen molar-refractivity contribution in [2.24, 2.45) is 16.9 Å². The third-order valence-corrected chi connectivity index (χ3v) is 4.61. The first kappa shape index (κ1) is 17.5. The second kappa shape index (κ2) is 10.2. The normalized spacial score (nSPS) is 22.9. The molecule has 0 amide bonds. The number of hydrogen-bond donors (Lipinski definition) is 1. The van der Waals surface area contributed by atoms with Crippen molar-refractivity contribution in [3.05, 3.63) is 0 Å². The molecule has 1 heterocycles. The average Bonchev–Trinajstić information content (AvgIpc) is 2.49. The van der Waals surface area contributed by atoms with Crippen LogP contribution < -0.4 is 5.32 Å². The minimum Gasteiger partial charge on any atom is -0.315 e. The van der Waals surface area contributed by atoms with Gasteiger partial charge in [0, 0.05) is 19.8 Å². The van der Waals surface area contributed by atoms with Crippen molar-refractivity contribution in [1.82, 2.24) is 10.3 Å². The predicted molar refractivity (Wildman–Crippen MR) is 89.2 cm³/mol. The largest absolute Gasteiger partial charge is 0.315 e. The number of piperidine rings is 1. The lowest BCUT2D eigenvalue weighted by molar-refractivity contribution is 0.210. The van der Waals surface area contributed by atoms with Gasteiger partial charge in [-0.15, -0.1) is 0 Å². The molecule has 3 unspecified atom stereocenters. The molecular weight excluding hydrogens is 246 g/mol. The Kier molecular flexibility index (Phi) is 8.92. The SMILES string of the molecule is CCCCC(CCC)C(C)/C=N\N(C)C1CCCNC1. The van der Waals surface area contributed by atoms with Crippen LogP contribution in [0.1, 0.15) is 65.7 Å². The zero-order valence-electron chi connectivity index (χ0n) is 14.1. The van der Waals surface area contributed by atoms with Gasteiger partial charge in [-0.25, -0.2) is 0 Å². The Balaban J connectivity index is 2.43. The minimum atomic E-state index is 0.576. The van der Waals surface area contributed by atoms with Crippen LogP contribution in [0, 0.1) is 11.8 Å². The summed E-state index contributed by atoms with van der Waals surface area (Å²) >= 11 is 0. The van der Waals surface area contributed by atoms with Gasteiger partial charge in [0.1, 0.15) is 0 Å². The molecule has 0 bridgehead atoms. The molecule has 1 N–H and O–H groups in total. The summed E-state index contributed by atoms with van der Waals surface area (Å²) in [6.45, 7) is 9.16. The Labute approximate surface area is 126 Å². The molecule has 20 heavy (non-hydrogen) atoms. The molecule has 0 aromatic heterocycles. The number of rotatable bonds is 9. The maximum Gasteiger partial charge on any atom is 0.0592 e. The molecule has 1 fully saturated rings. The van der Waals surface area contributed by atoms with Crippen LogP contribution >= 0.6 is 0 Å². The van der Waals surface area contributed by atoms with E-state index in [1.165, 1.54) is 51.5 Å². The van der Waals surface area contributed by atoms with E-state index in [1.807, 2.05) is 0 Å². The molecule has 0 spiro atoms. The second-order valence-electron chi connectivity index (χ2n) is 6.39. The van der Waals surface area contributed by atoms with E-state index in [0.29, 0.717) is 12.0 Å². The maximum atomic E-state index is 4.73. The third kappa shape index (κ3) is 6.25. The molecule has 3 heteroatoms. The number of unbranched alkanes of at least 4 members (excludes halogenated alkanes) is 1. The molecule has 0 aliphatic carbocycles. The summed E-state index contributed by atoms with van der Waals surface area (Å²) in [6, 6.07) is 0.576. The molecule has 3 nitrogen and oxygen atoms in total. The van der Waals surface area contributed by atoms with Crippen LogP contribution in [0.2, 0.25) is 0 Å². The molecule has 1 aliphatic rings. The van der Waals surface area contributed by atoms with Gasteiger partial charge in [0.05, 0.1) is 6.04 Å². The van der Waals surface area contributed by atoms with Crippen LogP contribution in [-0.2, 0) is 0 Å². The standard InChI is InChI=1S/C17H35N3/c1-5-7-10-16(9-6-2)15(3)13-19-20(4)17-11-8-12-18-14-17/h13,15-18H,5-12,14H2,1-4H3/b19-13-. The van der Waals surface area contributed by atoms with Gasteiger partial charge in [0.25, 0.3) is 0 Å². The molecule has 0 radical (unpaired) electrons. The second-order valence-corrected chi connectivity index (χ2v) is 6.39. The Morgan fingerprint density at radius 3 is 2.70 bits per heavy atom.